The van der Waals surface area contributed by atoms with Crippen LogP contribution in [-0.4, -0.2) is 42.5 Å². The molecule has 1 aromatic heterocycles. The minimum atomic E-state index is -0.161. The van der Waals surface area contributed by atoms with Crippen LogP contribution in [0.15, 0.2) is 36.5 Å². The van der Waals surface area contributed by atoms with Gasteiger partial charge in [0.25, 0.3) is 5.91 Å². The monoisotopic (exact) mass is 435 g/mol. The summed E-state index contributed by atoms with van der Waals surface area (Å²) in [5.74, 6) is 1.36. The largest absolute Gasteiger partial charge is 0.358 e. The summed E-state index contributed by atoms with van der Waals surface area (Å²) >= 11 is 0. The molecule has 0 spiro atoms. The normalized spacial score (nSPS) is 18.0. The smallest absolute Gasteiger partial charge is 0.251 e. The summed E-state index contributed by atoms with van der Waals surface area (Å²) in [7, 11) is 1.82. The second kappa shape index (κ2) is 9.18. The van der Waals surface area contributed by atoms with E-state index in [0.717, 1.165) is 49.3 Å². The van der Waals surface area contributed by atoms with Crippen LogP contribution in [0.25, 0.3) is 0 Å². The Morgan fingerprint density at radius 3 is 2.53 bits per heavy atom. The number of carbonyl (C=O) groups is 2. The maximum absolute atomic E-state index is 12.9. The van der Waals surface area contributed by atoms with Gasteiger partial charge in [0.05, 0.1) is 17.6 Å². The van der Waals surface area contributed by atoms with Crippen molar-refractivity contribution in [3.8, 4) is 0 Å². The number of hydrogen-bond acceptors (Lipinski definition) is 5. The standard InChI is InChI=1S/C25H33N5O2/c1-5-20-25(32)29(4)22-15-26-23(14-21(22)30(20)13-12-16(2)3)27-18-8-6-17(7-9-18)24(31)28-19-10-11-19/h6-9,14-16,19-20H,5,10-13H2,1-4H3,(H,26,27)(H,28,31). The molecular formula is C25H33N5O2. The number of aromatic nitrogens is 1. The predicted molar refractivity (Wildman–Crippen MR) is 129 cm³/mol. The Morgan fingerprint density at radius 1 is 1.19 bits per heavy atom. The molecule has 1 unspecified atom stereocenters. The molecule has 1 aromatic carbocycles. The van der Waals surface area contributed by atoms with Crippen molar-refractivity contribution >= 4 is 34.7 Å². The molecule has 2 N–H and O–H groups in total. The van der Waals surface area contributed by atoms with Crippen LogP contribution in [0, 0.1) is 5.92 Å². The fraction of sp³-hybridized carbons (Fsp3) is 0.480. The van der Waals surface area contributed by atoms with Gasteiger partial charge in [0.2, 0.25) is 5.91 Å². The van der Waals surface area contributed by atoms with Crippen LogP contribution in [0.3, 0.4) is 0 Å². The van der Waals surface area contributed by atoms with Gasteiger partial charge in [-0.05, 0) is 55.9 Å². The minimum absolute atomic E-state index is 0.0231. The number of pyridine rings is 1. The van der Waals surface area contributed by atoms with Gasteiger partial charge in [0, 0.05) is 37.0 Å². The van der Waals surface area contributed by atoms with E-state index in [1.807, 2.05) is 37.4 Å². The number of likely N-dealkylation sites (N-methyl/N-ethyl adjacent to an activating group) is 1. The van der Waals surface area contributed by atoms with Crippen LogP contribution in [0.5, 0.6) is 0 Å². The highest BCUT2D eigenvalue weighted by Gasteiger charge is 2.35. The Balaban J connectivity index is 1.55. The fourth-order valence-electron chi connectivity index (χ4n) is 4.06. The second-order valence-electron chi connectivity index (χ2n) is 9.21. The summed E-state index contributed by atoms with van der Waals surface area (Å²) in [4.78, 5) is 33.6. The highest BCUT2D eigenvalue weighted by molar-refractivity contribution is 6.05. The van der Waals surface area contributed by atoms with E-state index in [1.165, 1.54) is 0 Å². The molecule has 1 fully saturated rings. The number of benzene rings is 1. The Labute approximate surface area is 190 Å². The third-order valence-corrected chi connectivity index (χ3v) is 6.19. The average Bonchev–Trinajstić information content (AvgIpc) is 3.59. The molecule has 1 aliphatic carbocycles. The zero-order valence-electron chi connectivity index (χ0n) is 19.4. The van der Waals surface area contributed by atoms with E-state index in [1.54, 1.807) is 11.1 Å². The van der Waals surface area contributed by atoms with Gasteiger partial charge in [0.1, 0.15) is 11.9 Å². The lowest BCUT2D eigenvalue weighted by molar-refractivity contribution is -0.120. The van der Waals surface area contributed by atoms with E-state index in [-0.39, 0.29) is 17.9 Å². The van der Waals surface area contributed by atoms with Crippen molar-refractivity contribution in [2.45, 2.75) is 58.5 Å². The number of carbonyl (C=O) groups excluding carboxylic acids is 2. The van der Waals surface area contributed by atoms with E-state index in [0.29, 0.717) is 23.3 Å². The lowest BCUT2D eigenvalue weighted by Crippen LogP contribution is -2.52. The van der Waals surface area contributed by atoms with Gasteiger partial charge in [-0.2, -0.15) is 0 Å². The van der Waals surface area contributed by atoms with Crippen molar-refractivity contribution in [3.05, 3.63) is 42.1 Å². The molecule has 7 heteroatoms. The molecule has 2 aromatic rings. The summed E-state index contributed by atoms with van der Waals surface area (Å²) in [6, 6.07) is 9.64. The van der Waals surface area contributed by atoms with Crippen LogP contribution in [0.1, 0.15) is 56.8 Å². The van der Waals surface area contributed by atoms with Crippen molar-refractivity contribution in [3.63, 3.8) is 0 Å². The Bertz CT molecular complexity index is 984. The van der Waals surface area contributed by atoms with Crippen LogP contribution in [-0.2, 0) is 4.79 Å². The Kier molecular flexibility index (Phi) is 6.35. The number of amides is 2. The lowest BCUT2D eigenvalue weighted by atomic mass is 10.0. The number of hydrogen-bond donors (Lipinski definition) is 2. The van der Waals surface area contributed by atoms with Crippen molar-refractivity contribution < 1.29 is 9.59 Å². The van der Waals surface area contributed by atoms with E-state index < -0.39 is 0 Å². The molecule has 2 aliphatic rings. The molecule has 0 saturated heterocycles. The summed E-state index contributed by atoms with van der Waals surface area (Å²) in [5.41, 5.74) is 3.38. The zero-order valence-corrected chi connectivity index (χ0v) is 19.4. The average molecular weight is 436 g/mol. The second-order valence-corrected chi connectivity index (χ2v) is 9.21. The summed E-state index contributed by atoms with van der Waals surface area (Å²) in [6.45, 7) is 7.30. The first-order valence-electron chi connectivity index (χ1n) is 11.6. The van der Waals surface area contributed by atoms with Gasteiger partial charge in [-0.1, -0.05) is 20.8 Å². The minimum Gasteiger partial charge on any atom is -0.358 e. The van der Waals surface area contributed by atoms with Gasteiger partial charge >= 0.3 is 0 Å². The van der Waals surface area contributed by atoms with Crippen molar-refractivity contribution in [1.29, 1.82) is 0 Å². The van der Waals surface area contributed by atoms with Crippen molar-refractivity contribution in [2.75, 3.05) is 28.7 Å². The third-order valence-electron chi connectivity index (χ3n) is 6.19. The molecular weight excluding hydrogens is 402 g/mol. The summed E-state index contributed by atoms with van der Waals surface area (Å²) in [5, 5.41) is 6.35. The molecule has 1 aliphatic heterocycles. The molecule has 2 heterocycles. The van der Waals surface area contributed by atoms with E-state index in [2.05, 4.69) is 41.3 Å². The van der Waals surface area contributed by atoms with Gasteiger partial charge in [-0.25, -0.2) is 4.98 Å². The zero-order chi connectivity index (χ0) is 22.8. The molecule has 1 saturated carbocycles. The maximum atomic E-state index is 12.9. The first-order valence-corrected chi connectivity index (χ1v) is 11.6. The Hall–Kier alpha value is -3.09. The van der Waals surface area contributed by atoms with Crippen LogP contribution >= 0.6 is 0 Å². The number of nitrogens with zero attached hydrogens (tertiary/aromatic N) is 3. The number of anilines is 4. The first kappa shape index (κ1) is 22.1. The van der Waals surface area contributed by atoms with Gasteiger partial charge in [0.15, 0.2) is 0 Å². The van der Waals surface area contributed by atoms with Gasteiger partial charge in [-0.3, -0.25) is 9.59 Å². The summed E-state index contributed by atoms with van der Waals surface area (Å²) in [6.07, 6.45) is 5.69. The fourth-order valence-corrected chi connectivity index (χ4v) is 4.06. The topological polar surface area (TPSA) is 77.6 Å². The maximum Gasteiger partial charge on any atom is 0.251 e. The number of rotatable bonds is 8. The van der Waals surface area contributed by atoms with Crippen LogP contribution < -0.4 is 20.4 Å². The molecule has 4 rings (SSSR count). The van der Waals surface area contributed by atoms with Crippen molar-refractivity contribution in [2.24, 2.45) is 5.92 Å². The predicted octanol–water partition coefficient (Wildman–Crippen LogP) is 4.32. The van der Waals surface area contributed by atoms with Crippen LogP contribution in [0.2, 0.25) is 0 Å². The highest BCUT2D eigenvalue weighted by Crippen LogP contribution is 2.38. The lowest BCUT2D eigenvalue weighted by Gasteiger charge is -2.41. The molecule has 0 radical (unpaired) electrons. The third kappa shape index (κ3) is 4.71. The molecule has 2 amide bonds. The molecule has 32 heavy (non-hydrogen) atoms. The molecule has 170 valence electrons. The summed E-state index contributed by atoms with van der Waals surface area (Å²) < 4.78 is 0. The highest BCUT2D eigenvalue weighted by atomic mass is 16.2. The van der Waals surface area contributed by atoms with E-state index in [4.69, 9.17) is 0 Å². The van der Waals surface area contributed by atoms with Crippen LogP contribution in [0.4, 0.5) is 22.9 Å². The number of fused-ring (bicyclic) bond motifs is 1. The quantitative estimate of drug-likeness (QED) is 0.646. The van der Waals surface area contributed by atoms with Crippen molar-refractivity contribution in [1.82, 2.24) is 10.3 Å². The Morgan fingerprint density at radius 2 is 1.91 bits per heavy atom. The SMILES string of the molecule is CCC1C(=O)N(C)c2cnc(Nc3ccc(C(=O)NC4CC4)cc3)cc2N1CCC(C)C. The van der Waals surface area contributed by atoms with E-state index >= 15 is 0 Å². The van der Waals surface area contributed by atoms with E-state index in [9.17, 15) is 9.59 Å². The first-order chi connectivity index (χ1) is 15.4. The molecule has 1 atom stereocenters. The van der Waals surface area contributed by atoms with Gasteiger partial charge in [-0.15, -0.1) is 0 Å². The molecule has 7 nitrogen and oxygen atoms in total. The molecule has 0 bridgehead atoms. The number of nitrogens with one attached hydrogen (secondary N) is 2. The van der Waals surface area contributed by atoms with Gasteiger partial charge < -0.3 is 20.4 Å².